The number of fused-ring (bicyclic) bond motifs is 1. The van der Waals surface area contributed by atoms with E-state index in [0.29, 0.717) is 25.0 Å². The Balaban J connectivity index is 1.50. The Morgan fingerprint density at radius 3 is 2.52 bits per heavy atom. The largest absolute Gasteiger partial charge is 0.365 e. The van der Waals surface area contributed by atoms with Gasteiger partial charge in [0.2, 0.25) is 11.8 Å². The number of nitrogens with zero attached hydrogens (tertiary/aromatic N) is 5. The minimum atomic E-state index is -0.567. The van der Waals surface area contributed by atoms with Crippen molar-refractivity contribution < 1.29 is 14.4 Å². The molecule has 4 rings (SSSR count). The molecule has 9 heteroatoms. The summed E-state index contributed by atoms with van der Waals surface area (Å²) in [5, 5.41) is 4.25. The lowest BCUT2D eigenvalue weighted by molar-refractivity contribution is -0.147. The number of hydrogen-bond donors (Lipinski definition) is 1. The fourth-order valence-electron chi connectivity index (χ4n) is 4.86. The van der Waals surface area contributed by atoms with E-state index in [1.807, 2.05) is 18.7 Å². The van der Waals surface area contributed by atoms with Crippen LogP contribution in [0.1, 0.15) is 65.8 Å². The molecule has 0 aromatic carbocycles. The molecule has 0 saturated carbocycles. The van der Waals surface area contributed by atoms with Gasteiger partial charge in [0.25, 0.3) is 5.91 Å². The molecule has 9 nitrogen and oxygen atoms in total. The summed E-state index contributed by atoms with van der Waals surface area (Å²) in [4.78, 5) is 45.9. The zero-order chi connectivity index (χ0) is 22.1. The summed E-state index contributed by atoms with van der Waals surface area (Å²) in [7, 11) is 0. The van der Waals surface area contributed by atoms with Gasteiger partial charge in [-0.05, 0) is 57.9 Å². The van der Waals surface area contributed by atoms with Crippen molar-refractivity contribution in [3.63, 3.8) is 0 Å². The second kappa shape index (κ2) is 8.64. The number of likely N-dealkylation sites (tertiary alicyclic amines) is 2. The second-order valence-electron chi connectivity index (χ2n) is 8.55. The molecule has 1 atom stereocenters. The number of primary amides is 1. The second-order valence-corrected chi connectivity index (χ2v) is 8.55. The SMILES string of the molecule is Cc1nc2c(C(N)=O)cnn2c(C)c1CCC(=O)N1CCCCC1C(=O)N1CCCC1. The van der Waals surface area contributed by atoms with Gasteiger partial charge in [0.05, 0.1) is 6.20 Å². The summed E-state index contributed by atoms with van der Waals surface area (Å²) in [6.45, 7) is 6.02. The van der Waals surface area contributed by atoms with E-state index in [1.165, 1.54) is 6.20 Å². The normalized spacial score (nSPS) is 19.2. The van der Waals surface area contributed by atoms with E-state index in [-0.39, 0.29) is 23.4 Å². The van der Waals surface area contributed by atoms with Gasteiger partial charge in [-0.25, -0.2) is 9.50 Å². The highest BCUT2D eigenvalue weighted by atomic mass is 16.2. The Morgan fingerprint density at radius 1 is 1.10 bits per heavy atom. The summed E-state index contributed by atoms with van der Waals surface area (Å²) in [6, 6.07) is -0.327. The van der Waals surface area contributed by atoms with Crippen molar-refractivity contribution >= 4 is 23.4 Å². The molecule has 1 unspecified atom stereocenters. The first kappa shape index (κ1) is 21.3. The van der Waals surface area contributed by atoms with Crippen LogP contribution in [-0.4, -0.2) is 67.8 Å². The highest BCUT2D eigenvalue weighted by Gasteiger charge is 2.35. The van der Waals surface area contributed by atoms with E-state index in [2.05, 4.69) is 10.1 Å². The number of nitrogens with two attached hydrogens (primary N) is 1. The van der Waals surface area contributed by atoms with Gasteiger partial charge in [-0.15, -0.1) is 0 Å². The molecular formula is C22H30N6O3. The number of piperidine rings is 1. The molecule has 2 aromatic heterocycles. The molecule has 0 radical (unpaired) electrons. The first-order chi connectivity index (χ1) is 14.9. The highest BCUT2D eigenvalue weighted by Crippen LogP contribution is 2.24. The minimum Gasteiger partial charge on any atom is -0.365 e. The van der Waals surface area contributed by atoms with Crippen molar-refractivity contribution in [2.45, 2.75) is 64.8 Å². The number of carbonyl (C=O) groups is 3. The summed E-state index contributed by atoms with van der Waals surface area (Å²) in [5.74, 6) is -0.450. The van der Waals surface area contributed by atoms with Crippen LogP contribution in [0.25, 0.3) is 5.65 Å². The number of aromatic nitrogens is 3. The molecule has 31 heavy (non-hydrogen) atoms. The maximum Gasteiger partial charge on any atom is 0.254 e. The van der Waals surface area contributed by atoms with Crippen molar-refractivity contribution in [2.24, 2.45) is 5.73 Å². The zero-order valence-corrected chi connectivity index (χ0v) is 18.3. The first-order valence-electron chi connectivity index (χ1n) is 11.1. The molecule has 0 bridgehead atoms. The molecule has 2 N–H and O–H groups in total. The van der Waals surface area contributed by atoms with Gasteiger partial charge < -0.3 is 15.5 Å². The van der Waals surface area contributed by atoms with E-state index in [9.17, 15) is 14.4 Å². The molecular weight excluding hydrogens is 396 g/mol. The Kier molecular flexibility index (Phi) is 5.93. The fraction of sp³-hybridized carbons (Fsp3) is 0.591. The van der Waals surface area contributed by atoms with Gasteiger partial charge in [0.15, 0.2) is 5.65 Å². The van der Waals surface area contributed by atoms with Gasteiger partial charge in [-0.3, -0.25) is 14.4 Å². The average Bonchev–Trinajstić information content (AvgIpc) is 3.43. The van der Waals surface area contributed by atoms with Gasteiger partial charge >= 0.3 is 0 Å². The number of aryl methyl sites for hydroxylation is 2. The van der Waals surface area contributed by atoms with Crippen LogP contribution in [0.3, 0.4) is 0 Å². The maximum absolute atomic E-state index is 13.1. The predicted octanol–water partition coefficient (Wildman–Crippen LogP) is 1.38. The summed E-state index contributed by atoms with van der Waals surface area (Å²) in [6.07, 6.45) is 6.99. The fourth-order valence-corrected chi connectivity index (χ4v) is 4.86. The third-order valence-corrected chi connectivity index (χ3v) is 6.59. The van der Waals surface area contributed by atoms with Crippen molar-refractivity contribution in [2.75, 3.05) is 19.6 Å². The molecule has 2 saturated heterocycles. The molecule has 0 spiro atoms. The number of hydrogen-bond acceptors (Lipinski definition) is 5. The molecule has 2 aliphatic heterocycles. The van der Waals surface area contributed by atoms with Crippen molar-refractivity contribution in [3.05, 3.63) is 28.7 Å². The van der Waals surface area contributed by atoms with Crippen LogP contribution in [0.5, 0.6) is 0 Å². The summed E-state index contributed by atoms with van der Waals surface area (Å²) in [5.41, 5.74) is 8.65. The Bertz CT molecular complexity index is 1020. The molecule has 4 heterocycles. The van der Waals surface area contributed by atoms with Gasteiger partial charge in [0, 0.05) is 37.4 Å². The predicted molar refractivity (Wildman–Crippen MR) is 114 cm³/mol. The number of carbonyl (C=O) groups excluding carboxylic acids is 3. The van der Waals surface area contributed by atoms with Crippen LogP contribution in [-0.2, 0) is 16.0 Å². The monoisotopic (exact) mass is 426 g/mol. The maximum atomic E-state index is 13.1. The van der Waals surface area contributed by atoms with Crippen LogP contribution in [0, 0.1) is 13.8 Å². The van der Waals surface area contributed by atoms with Crippen molar-refractivity contribution in [1.82, 2.24) is 24.4 Å². The van der Waals surface area contributed by atoms with Crippen LogP contribution in [0.2, 0.25) is 0 Å². The topological polar surface area (TPSA) is 114 Å². The smallest absolute Gasteiger partial charge is 0.254 e. The quantitative estimate of drug-likeness (QED) is 0.776. The van der Waals surface area contributed by atoms with Crippen molar-refractivity contribution in [1.29, 1.82) is 0 Å². The first-order valence-corrected chi connectivity index (χ1v) is 11.1. The van der Waals surface area contributed by atoms with E-state index in [4.69, 9.17) is 5.73 Å². The molecule has 166 valence electrons. The van der Waals surface area contributed by atoms with E-state index in [1.54, 1.807) is 9.42 Å². The summed E-state index contributed by atoms with van der Waals surface area (Å²) < 4.78 is 1.60. The van der Waals surface area contributed by atoms with E-state index >= 15 is 0 Å². The lowest BCUT2D eigenvalue weighted by Gasteiger charge is -2.37. The van der Waals surface area contributed by atoms with E-state index in [0.717, 1.165) is 62.1 Å². The van der Waals surface area contributed by atoms with Gasteiger partial charge in [0.1, 0.15) is 11.6 Å². The van der Waals surface area contributed by atoms with Crippen LogP contribution >= 0.6 is 0 Å². The average molecular weight is 427 g/mol. The van der Waals surface area contributed by atoms with Gasteiger partial charge in [-0.1, -0.05) is 0 Å². The summed E-state index contributed by atoms with van der Waals surface area (Å²) >= 11 is 0. The number of rotatable bonds is 5. The molecule has 0 aliphatic carbocycles. The standard InChI is InChI=1S/C22H30N6O3/c1-14-16(15(2)28-21(25-14)17(13-24-28)20(23)30)8-9-19(29)27-12-4-3-7-18(27)22(31)26-10-5-6-11-26/h13,18H,3-12H2,1-2H3,(H2,23,30). The number of amides is 3. The minimum absolute atomic E-state index is 0.00874. The van der Waals surface area contributed by atoms with Crippen molar-refractivity contribution in [3.8, 4) is 0 Å². The lowest BCUT2D eigenvalue weighted by atomic mass is 9.99. The van der Waals surface area contributed by atoms with E-state index < -0.39 is 5.91 Å². The highest BCUT2D eigenvalue weighted by molar-refractivity contribution is 5.98. The van der Waals surface area contributed by atoms with Crippen LogP contribution < -0.4 is 5.73 Å². The third-order valence-electron chi connectivity index (χ3n) is 6.59. The Labute approximate surface area is 181 Å². The van der Waals surface area contributed by atoms with Crippen LogP contribution in [0.15, 0.2) is 6.20 Å². The molecule has 2 fully saturated rings. The molecule has 2 aliphatic rings. The Morgan fingerprint density at radius 2 is 1.81 bits per heavy atom. The molecule has 2 aromatic rings. The van der Waals surface area contributed by atoms with Gasteiger partial charge in [-0.2, -0.15) is 5.10 Å². The Hall–Kier alpha value is -2.97. The molecule has 3 amide bonds. The third kappa shape index (κ3) is 4.00. The van der Waals surface area contributed by atoms with Crippen LogP contribution in [0.4, 0.5) is 0 Å². The zero-order valence-electron chi connectivity index (χ0n) is 18.3. The lowest BCUT2D eigenvalue weighted by Crippen LogP contribution is -2.52.